The summed E-state index contributed by atoms with van der Waals surface area (Å²) in [5.74, 6) is 0.930. The van der Waals surface area contributed by atoms with Crippen LogP contribution < -0.4 is 5.32 Å². The van der Waals surface area contributed by atoms with Crippen LogP contribution in [0.25, 0.3) is 0 Å². The predicted octanol–water partition coefficient (Wildman–Crippen LogP) is 3.67. The Bertz CT molecular complexity index is 261. The molecule has 112 valence electrons. The maximum absolute atomic E-state index is 3.71. The van der Waals surface area contributed by atoms with E-state index in [9.17, 15) is 0 Å². The first-order chi connectivity index (χ1) is 9.00. The number of nitrogens with one attached hydrogen (secondary N) is 1. The zero-order chi connectivity index (χ0) is 13.9. The van der Waals surface area contributed by atoms with E-state index < -0.39 is 0 Å². The average Bonchev–Trinajstić information content (AvgIpc) is 2.84. The molecule has 2 fully saturated rings. The minimum atomic E-state index is 0.507. The first-order valence-electron chi connectivity index (χ1n) is 8.48. The molecule has 1 saturated carbocycles. The van der Waals surface area contributed by atoms with Gasteiger partial charge in [0.25, 0.3) is 0 Å². The lowest BCUT2D eigenvalue weighted by atomic mass is 9.75. The molecule has 2 atom stereocenters. The molecule has 0 bridgehead atoms. The second-order valence-electron chi connectivity index (χ2n) is 7.79. The van der Waals surface area contributed by atoms with Crippen molar-refractivity contribution in [2.24, 2.45) is 11.3 Å². The van der Waals surface area contributed by atoms with Gasteiger partial charge in [-0.2, -0.15) is 0 Å². The van der Waals surface area contributed by atoms with Crippen LogP contribution in [0.3, 0.4) is 0 Å². The van der Waals surface area contributed by atoms with Crippen LogP contribution in [-0.2, 0) is 0 Å². The van der Waals surface area contributed by atoms with Crippen molar-refractivity contribution in [2.45, 2.75) is 78.3 Å². The van der Waals surface area contributed by atoms with Gasteiger partial charge in [-0.1, -0.05) is 27.7 Å². The SMILES string of the molecule is CCCNC1CCC(N2CCC(C(C)(C)C)CC2)C1. The molecule has 1 heterocycles. The molecule has 19 heavy (non-hydrogen) atoms. The van der Waals surface area contributed by atoms with Gasteiger partial charge in [0, 0.05) is 12.1 Å². The van der Waals surface area contributed by atoms with E-state index in [-0.39, 0.29) is 0 Å². The van der Waals surface area contributed by atoms with E-state index in [1.54, 1.807) is 0 Å². The number of hydrogen-bond donors (Lipinski definition) is 1. The second kappa shape index (κ2) is 6.58. The lowest BCUT2D eigenvalue weighted by molar-refractivity contribution is 0.0835. The summed E-state index contributed by atoms with van der Waals surface area (Å²) in [5, 5.41) is 3.71. The molecule has 0 aromatic carbocycles. The van der Waals surface area contributed by atoms with Crippen molar-refractivity contribution >= 4 is 0 Å². The first-order valence-corrected chi connectivity index (χ1v) is 8.48. The third-order valence-electron chi connectivity index (χ3n) is 5.36. The molecule has 2 aliphatic rings. The molecular formula is C17H34N2. The van der Waals surface area contributed by atoms with Crippen LogP contribution >= 0.6 is 0 Å². The largest absolute Gasteiger partial charge is 0.314 e. The summed E-state index contributed by atoms with van der Waals surface area (Å²) < 4.78 is 0. The summed E-state index contributed by atoms with van der Waals surface area (Å²) in [6, 6.07) is 1.67. The second-order valence-corrected chi connectivity index (χ2v) is 7.79. The van der Waals surface area contributed by atoms with Crippen LogP contribution in [0.1, 0.15) is 66.2 Å². The van der Waals surface area contributed by atoms with E-state index in [4.69, 9.17) is 0 Å². The van der Waals surface area contributed by atoms with E-state index in [0.29, 0.717) is 5.41 Å². The standard InChI is InChI=1S/C17H34N2/c1-5-10-18-15-6-7-16(13-15)19-11-8-14(9-12-19)17(2,3)4/h14-16,18H,5-13H2,1-4H3. The zero-order valence-corrected chi connectivity index (χ0v) is 13.5. The molecule has 1 aliphatic carbocycles. The fraction of sp³-hybridized carbons (Fsp3) is 1.00. The fourth-order valence-corrected chi connectivity index (χ4v) is 3.95. The highest BCUT2D eigenvalue weighted by Gasteiger charge is 2.34. The summed E-state index contributed by atoms with van der Waals surface area (Å²) in [4.78, 5) is 2.79. The van der Waals surface area contributed by atoms with Crippen molar-refractivity contribution in [1.82, 2.24) is 10.2 Å². The topological polar surface area (TPSA) is 15.3 Å². The van der Waals surface area contributed by atoms with Crippen LogP contribution in [0.4, 0.5) is 0 Å². The molecule has 0 aromatic heterocycles. The molecule has 1 aliphatic heterocycles. The first kappa shape index (κ1) is 15.3. The van der Waals surface area contributed by atoms with Gasteiger partial charge in [-0.3, -0.25) is 0 Å². The van der Waals surface area contributed by atoms with Crippen LogP contribution in [0, 0.1) is 11.3 Å². The third-order valence-corrected chi connectivity index (χ3v) is 5.36. The van der Waals surface area contributed by atoms with Crippen molar-refractivity contribution in [1.29, 1.82) is 0 Å². The summed E-state index contributed by atoms with van der Waals surface area (Å²) in [7, 11) is 0. The predicted molar refractivity (Wildman–Crippen MR) is 83.5 cm³/mol. The van der Waals surface area contributed by atoms with Gasteiger partial charge >= 0.3 is 0 Å². The van der Waals surface area contributed by atoms with Gasteiger partial charge < -0.3 is 10.2 Å². The molecule has 2 unspecified atom stereocenters. The van der Waals surface area contributed by atoms with Gasteiger partial charge in [-0.25, -0.2) is 0 Å². The van der Waals surface area contributed by atoms with Crippen molar-refractivity contribution in [3.05, 3.63) is 0 Å². The van der Waals surface area contributed by atoms with Gasteiger partial charge in [0.15, 0.2) is 0 Å². The van der Waals surface area contributed by atoms with Crippen molar-refractivity contribution in [3.63, 3.8) is 0 Å². The Balaban J connectivity index is 1.74. The van der Waals surface area contributed by atoms with Crippen LogP contribution in [0.15, 0.2) is 0 Å². The molecule has 0 aromatic rings. The van der Waals surface area contributed by atoms with Crippen LogP contribution in [-0.4, -0.2) is 36.6 Å². The van der Waals surface area contributed by atoms with E-state index in [2.05, 4.69) is 37.9 Å². The Kier molecular flexibility index (Phi) is 5.30. The number of nitrogens with zero attached hydrogens (tertiary/aromatic N) is 1. The molecular weight excluding hydrogens is 232 g/mol. The molecule has 2 rings (SSSR count). The van der Waals surface area contributed by atoms with E-state index in [1.165, 1.54) is 58.2 Å². The number of hydrogen-bond acceptors (Lipinski definition) is 2. The minimum absolute atomic E-state index is 0.507. The summed E-state index contributed by atoms with van der Waals surface area (Å²) >= 11 is 0. The Morgan fingerprint density at radius 1 is 1.05 bits per heavy atom. The Hall–Kier alpha value is -0.0800. The molecule has 2 heteroatoms. The zero-order valence-electron chi connectivity index (χ0n) is 13.5. The van der Waals surface area contributed by atoms with Crippen molar-refractivity contribution in [2.75, 3.05) is 19.6 Å². The van der Waals surface area contributed by atoms with E-state index >= 15 is 0 Å². The molecule has 0 spiro atoms. The summed E-state index contributed by atoms with van der Waals surface area (Å²) in [5.41, 5.74) is 0.507. The average molecular weight is 266 g/mol. The fourth-order valence-electron chi connectivity index (χ4n) is 3.95. The summed E-state index contributed by atoms with van der Waals surface area (Å²) in [6.45, 7) is 13.4. The quantitative estimate of drug-likeness (QED) is 0.835. The van der Waals surface area contributed by atoms with Gasteiger partial charge in [0.1, 0.15) is 0 Å². The summed E-state index contributed by atoms with van der Waals surface area (Å²) in [6.07, 6.45) is 8.28. The molecule has 2 nitrogen and oxygen atoms in total. The number of rotatable bonds is 4. The highest BCUT2D eigenvalue weighted by Crippen LogP contribution is 2.36. The number of piperidine rings is 1. The third kappa shape index (κ3) is 4.19. The van der Waals surface area contributed by atoms with Gasteiger partial charge in [0.2, 0.25) is 0 Å². The molecule has 1 N–H and O–H groups in total. The minimum Gasteiger partial charge on any atom is -0.314 e. The van der Waals surface area contributed by atoms with Gasteiger partial charge in [0.05, 0.1) is 0 Å². The Labute approximate surface area is 120 Å². The van der Waals surface area contributed by atoms with E-state index in [1.807, 2.05) is 0 Å². The molecule has 0 amide bonds. The number of likely N-dealkylation sites (tertiary alicyclic amines) is 1. The lowest BCUT2D eigenvalue weighted by Gasteiger charge is -2.41. The lowest BCUT2D eigenvalue weighted by Crippen LogP contribution is -2.43. The smallest absolute Gasteiger partial charge is 0.0111 e. The Morgan fingerprint density at radius 3 is 2.32 bits per heavy atom. The molecule has 1 saturated heterocycles. The van der Waals surface area contributed by atoms with Crippen LogP contribution in [0.5, 0.6) is 0 Å². The maximum atomic E-state index is 3.71. The molecule has 0 radical (unpaired) electrons. The van der Waals surface area contributed by atoms with Crippen molar-refractivity contribution in [3.8, 4) is 0 Å². The van der Waals surface area contributed by atoms with Crippen molar-refractivity contribution < 1.29 is 0 Å². The normalized spacial score (nSPS) is 30.9. The van der Waals surface area contributed by atoms with Gasteiger partial charge in [-0.15, -0.1) is 0 Å². The monoisotopic (exact) mass is 266 g/mol. The maximum Gasteiger partial charge on any atom is 0.0111 e. The van der Waals surface area contributed by atoms with Crippen LogP contribution in [0.2, 0.25) is 0 Å². The Morgan fingerprint density at radius 2 is 1.74 bits per heavy atom. The van der Waals surface area contributed by atoms with Gasteiger partial charge in [-0.05, 0) is 69.5 Å². The highest BCUT2D eigenvalue weighted by molar-refractivity contribution is 4.90. The highest BCUT2D eigenvalue weighted by atomic mass is 15.2. The van der Waals surface area contributed by atoms with E-state index in [0.717, 1.165) is 18.0 Å².